The molecule has 5 nitrogen and oxygen atoms in total. The molecule has 6 heteroatoms. The van der Waals surface area contributed by atoms with E-state index in [1.165, 1.54) is 24.5 Å². The molecule has 1 unspecified atom stereocenters. The maximum atomic E-state index is 12.2. The van der Waals surface area contributed by atoms with Gasteiger partial charge in [0.1, 0.15) is 0 Å². The molecule has 0 bridgehead atoms. The van der Waals surface area contributed by atoms with E-state index in [-0.39, 0.29) is 18.0 Å². The van der Waals surface area contributed by atoms with E-state index >= 15 is 0 Å². The standard InChI is InChI=1S/C15H16O5S/c1-3-8(15(18)19)4-11(17)14-6-9-5-10(16)12(20-2)7-13(9)21-14/h5-8,16H,3-4H2,1-2H3,(H,18,19). The Bertz CT molecular complexity index is 689. The molecule has 0 saturated heterocycles. The zero-order valence-electron chi connectivity index (χ0n) is 11.8. The molecule has 112 valence electrons. The quantitative estimate of drug-likeness (QED) is 0.800. The third kappa shape index (κ3) is 3.16. The molecule has 1 heterocycles. The Labute approximate surface area is 125 Å². The fourth-order valence-electron chi connectivity index (χ4n) is 2.09. The van der Waals surface area contributed by atoms with Crippen LogP contribution in [-0.2, 0) is 4.79 Å². The minimum atomic E-state index is -0.953. The number of carbonyl (C=O) groups excluding carboxylic acids is 1. The topological polar surface area (TPSA) is 83.8 Å². The predicted octanol–water partition coefficient (Wildman–Crippen LogP) is 3.30. The van der Waals surface area contributed by atoms with E-state index in [4.69, 9.17) is 9.84 Å². The van der Waals surface area contributed by atoms with Gasteiger partial charge in [-0.15, -0.1) is 11.3 Å². The largest absolute Gasteiger partial charge is 0.504 e. The van der Waals surface area contributed by atoms with Crippen LogP contribution in [0.25, 0.3) is 10.1 Å². The van der Waals surface area contributed by atoms with E-state index in [1.54, 1.807) is 19.1 Å². The number of fused-ring (bicyclic) bond motifs is 1. The monoisotopic (exact) mass is 308 g/mol. The Balaban J connectivity index is 2.30. The molecule has 1 atom stereocenters. The minimum absolute atomic E-state index is 0.0121. The molecule has 2 N–H and O–H groups in total. The lowest BCUT2D eigenvalue weighted by Gasteiger charge is -2.06. The number of methoxy groups -OCH3 is 1. The number of carboxylic acid groups (broad SMARTS) is 1. The lowest BCUT2D eigenvalue weighted by atomic mass is 9.99. The second-order valence-electron chi connectivity index (χ2n) is 4.74. The Kier molecular flexibility index (Phi) is 4.47. The molecule has 2 rings (SSSR count). The summed E-state index contributed by atoms with van der Waals surface area (Å²) in [6.07, 6.45) is 0.405. The van der Waals surface area contributed by atoms with Gasteiger partial charge >= 0.3 is 5.97 Å². The number of thiophene rings is 1. The van der Waals surface area contributed by atoms with Crippen LogP contribution in [0.3, 0.4) is 0 Å². The number of ketones is 1. The number of benzene rings is 1. The Morgan fingerprint density at radius 1 is 1.33 bits per heavy atom. The van der Waals surface area contributed by atoms with Gasteiger partial charge in [0.05, 0.1) is 17.9 Å². The first-order chi connectivity index (χ1) is 9.96. The SMILES string of the molecule is CCC(CC(=O)c1cc2cc(O)c(OC)cc2s1)C(=O)O. The van der Waals surface area contributed by atoms with E-state index in [1.807, 2.05) is 0 Å². The van der Waals surface area contributed by atoms with Gasteiger partial charge in [-0.25, -0.2) is 0 Å². The average molecular weight is 308 g/mol. The van der Waals surface area contributed by atoms with Crippen LogP contribution in [0, 0.1) is 5.92 Å². The van der Waals surface area contributed by atoms with Crippen LogP contribution in [0.15, 0.2) is 18.2 Å². The number of aliphatic carboxylic acids is 1. The number of hydrogen-bond donors (Lipinski definition) is 2. The second kappa shape index (κ2) is 6.13. The van der Waals surface area contributed by atoms with Crippen molar-refractivity contribution in [3.05, 3.63) is 23.1 Å². The highest BCUT2D eigenvalue weighted by atomic mass is 32.1. The first-order valence-corrected chi connectivity index (χ1v) is 7.34. The Hall–Kier alpha value is -2.08. The van der Waals surface area contributed by atoms with E-state index in [0.29, 0.717) is 17.0 Å². The van der Waals surface area contributed by atoms with E-state index < -0.39 is 11.9 Å². The van der Waals surface area contributed by atoms with Crippen molar-refractivity contribution in [1.82, 2.24) is 0 Å². The number of aromatic hydroxyl groups is 1. The molecule has 21 heavy (non-hydrogen) atoms. The van der Waals surface area contributed by atoms with Crippen molar-refractivity contribution in [3.63, 3.8) is 0 Å². The number of hydrogen-bond acceptors (Lipinski definition) is 5. The highest BCUT2D eigenvalue weighted by molar-refractivity contribution is 7.20. The summed E-state index contributed by atoms with van der Waals surface area (Å²) in [5.41, 5.74) is 0. The molecule has 0 saturated carbocycles. The molecule has 0 aliphatic heterocycles. The van der Waals surface area contributed by atoms with Crippen LogP contribution in [-0.4, -0.2) is 29.1 Å². The minimum Gasteiger partial charge on any atom is -0.504 e. The summed E-state index contributed by atoms with van der Waals surface area (Å²) < 4.78 is 5.85. The van der Waals surface area contributed by atoms with Gasteiger partial charge in [0, 0.05) is 17.2 Å². The summed E-state index contributed by atoms with van der Waals surface area (Å²) >= 11 is 1.27. The fourth-order valence-corrected chi connectivity index (χ4v) is 3.11. The van der Waals surface area contributed by atoms with E-state index in [9.17, 15) is 14.7 Å². The molecule has 0 fully saturated rings. The van der Waals surface area contributed by atoms with E-state index in [2.05, 4.69) is 0 Å². The van der Waals surface area contributed by atoms with Gasteiger partial charge in [0.15, 0.2) is 17.3 Å². The number of ether oxygens (including phenoxy) is 1. The first-order valence-electron chi connectivity index (χ1n) is 6.52. The van der Waals surface area contributed by atoms with Gasteiger partial charge in [-0.3, -0.25) is 9.59 Å². The van der Waals surface area contributed by atoms with Crippen molar-refractivity contribution < 1.29 is 24.5 Å². The molecule has 0 spiro atoms. The number of phenols is 1. The number of carbonyl (C=O) groups is 2. The summed E-state index contributed by atoms with van der Waals surface area (Å²) in [4.78, 5) is 23.7. The van der Waals surface area contributed by atoms with Crippen LogP contribution < -0.4 is 4.74 Å². The predicted molar refractivity (Wildman–Crippen MR) is 80.4 cm³/mol. The van der Waals surface area contributed by atoms with Gasteiger partial charge in [0.25, 0.3) is 0 Å². The molecular weight excluding hydrogens is 292 g/mol. The van der Waals surface area contributed by atoms with Crippen LogP contribution in [0.2, 0.25) is 0 Å². The van der Waals surface area contributed by atoms with Crippen molar-refractivity contribution in [3.8, 4) is 11.5 Å². The Morgan fingerprint density at radius 3 is 2.62 bits per heavy atom. The lowest BCUT2D eigenvalue weighted by molar-refractivity contribution is -0.141. The molecule has 1 aromatic heterocycles. The summed E-state index contributed by atoms with van der Waals surface area (Å²) in [6, 6.07) is 4.88. The smallest absolute Gasteiger partial charge is 0.306 e. The normalized spacial score (nSPS) is 12.3. The fraction of sp³-hybridized carbons (Fsp3) is 0.333. The van der Waals surface area contributed by atoms with Gasteiger partial charge in [-0.2, -0.15) is 0 Å². The number of rotatable bonds is 6. The molecule has 0 aliphatic rings. The zero-order valence-corrected chi connectivity index (χ0v) is 12.6. The van der Waals surface area contributed by atoms with Crippen molar-refractivity contribution in [2.24, 2.45) is 5.92 Å². The van der Waals surface area contributed by atoms with Crippen LogP contribution in [0.5, 0.6) is 11.5 Å². The average Bonchev–Trinajstić information content (AvgIpc) is 2.85. The third-order valence-electron chi connectivity index (χ3n) is 3.37. The highest BCUT2D eigenvalue weighted by Gasteiger charge is 2.21. The van der Waals surface area contributed by atoms with Crippen LogP contribution in [0.1, 0.15) is 29.4 Å². The molecule has 1 aromatic carbocycles. The van der Waals surface area contributed by atoms with Crippen LogP contribution in [0.4, 0.5) is 0 Å². The summed E-state index contributed by atoms with van der Waals surface area (Å²) in [6.45, 7) is 1.75. The number of Topliss-reactive ketones (excluding diaryl/α,β-unsaturated/α-hetero) is 1. The maximum Gasteiger partial charge on any atom is 0.306 e. The van der Waals surface area contributed by atoms with Crippen molar-refractivity contribution >= 4 is 33.2 Å². The lowest BCUT2D eigenvalue weighted by Crippen LogP contribution is -2.16. The highest BCUT2D eigenvalue weighted by Crippen LogP contribution is 2.36. The van der Waals surface area contributed by atoms with Gasteiger partial charge < -0.3 is 14.9 Å². The maximum absolute atomic E-state index is 12.2. The first kappa shape index (κ1) is 15.3. The third-order valence-corrected chi connectivity index (χ3v) is 4.51. The zero-order chi connectivity index (χ0) is 15.6. The number of phenolic OH excluding ortho intramolecular Hbond substituents is 1. The molecule has 2 aromatic rings. The summed E-state index contributed by atoms with van der Waals surface area (Å²) in [5, 5.41) is 19.5. The molecule has 0 aliphatic carbocycles. The summed E-state index contributed by atoms with van der Waals surface area (Å²) in [7, 11) is 1.46. The number of carboxylic acids is 1. The summed E-state index contributed by atoms with van der Waals surface area (Å²) in [5.74, 6) is -1.44. The van der Waals surface area contributed by atoms with Crippen molar-refractivity contribution in [2.45, 2.75) is 19.8 Å². The van der Waals surface area contributed by atoms with Gasteiger partial charge in [-0.05, 0) is 23.9 Å². The Morgan fingerprint density at radius 2 is 2.05 bits per heavy atom. The molecule has 0 radical (unpaired) electrons. The van der Waals surface area contributed by atoms with Gasteiger partial charge in [0.2, 0.25) is 0 Å². The molecule has 0 amide bonds. The van der Waals surface area contributed by atoms with Gasteiger partial charge in [-0.1, -0.05) is 6.92 Å². The molecular formula is C15H16O5S. The van der Waals surface area contributed by atoms with Crippen molar-refractivity contribution in [2.75, 3.05) is 7.11 Å². The van der Waals surface area contributed by atoms with Crippen LogP contribution >= 0.6 is 11.3 Å². The van der Waals surface area contributed by atoms with E-state index in [0.717, 1.165) is 10.1 Å². The van der Waals surface area contributed by atoms with Crippen molar-refractivity contribution in [1.29, 1.82) is 0 Å². The second-order valence-corrected chi connectivity index (χ2v) is 5.83.